The number of nitrogens with one attached hydrogen (secondary N) is 2. The van der Waals surface area contributed by atoms with Gasteiger partial charge in [-0.1, -0.05) is 48.5 Å². The van der Waals surface area contributed by atoms with E-state index in [0.717, 1.165) is 5.56 Å². The van der Waals surface area contributed by atoms with Gasteiger partial charge in [-0.25, -0.2) is 9.38 Å². The van der Waals surface area contributed by atoms with Crippen LogP contribution in [0.25, 0.3) is 0 Å². The van der Waals surface area contributed by atoms with Crippen molar-refractivity contribution in [2.24, 2.45) is 4.99 Å². The summed E-state index contributed by atoms with van der Waals surface area (Å²) in [6.07, 6.45) is 0.523. The maximum absolute atomic E-state index is 13.8. The Balaban J connectivity index is 2.01. The second-order valence-electron chi connectivity index (χ2n) is 6.50. The quantitative estimate of drug-likeness (QED) is 0.582. The lowest BCUT2D eigenvalue weighted by Gasteiger charge is -2.19. The minimum atomic E-state index is -0.216. The highest BCUT2D eigenvalue weighted by atomic mass is 19.1. The van der Waals surface area contributed by atoms with E-state index in [1.54, 1.807) is 26.2 Å². The number of carbonyl (C=O) groups excluding carboxylic acids is 1. The predicted molar refractivity (Wildman–Crippen MR) is 107 cm³/mol. The second-order valence-corrected chi connectivity index (χ2v) is 6.50. The minimum absolute atomic E-state index is 0.0142. The van der Waals surface area contributed by atoms with Gasteiger partial charge < -0.3 is 15.5 Å². The highest BCUT2D eigenvalue weighted by molar-refractivity contribution is 5.85. The molecule has 2 rings (SSSR count). The number of likely N-dealkylation sites (N-methyl/N-ethyl adjacent to an activating group) is 1. The van der Waals surface area contributed by atoms with Crippen molar-refractivity contribution in [3.05, 3.63) is 71.5 Å². The van der Waals surface area contributed by atoms with Gasteiger partial charge in [0.15, 0.2) is 5.96 Å². The van der Waals surface area contributed by atoms with Crippen LogP contribution in [0.1, 0.15) is 24.1 Å². The largest absolute Gasteiger partial charge is 0.356 e. The van der Waals surface area contributed by atoms with Crippen LogP contribution >= 0.6 is 0 Å². The second kappa shape index (κ2) is 10.3. The molecule has 0 saturated carbocycles. The molecule has 1 amide bonds. The SMILES string of the molecule is CC(NC(=NCC(=O)N(C)C)NCCc1ccccc1F)c1ccccc1. The molecule has 0 aromatic heterocycles. The van der Waals surface area contributed by atoms with E-state index < -0.39 is 0 Å². The average molecular weight is 370 g/mol. The first-order chi connectivity index (χ1) is 13.0. The Bertz CT molecular complexity index is 762. The van der Waals surface area contributed by atoms with Crippen molar-refractivity contribution in [3.8, 4) is 0 Å². The summed E-state index contributed by atoms with van der Waals surface area (Å²) in [5, 5.41) is 6.49. The summed E-state index contributed by atoms with van der Waals surface area (Å²) in [6.45, 7) is 2.57. The highest BCUT2D eigenvalue weighted by Crippen LogP contribution is 2.11. The summed E-state index contributed by atoms with van der Waals surface area (Å²) in [5.74, 6) is 0.224. The number of carbonyl (C=O) groups is 1. The van der Waals surface area contributed by atoms with Crippen molar-refractivity contribution < 1.29 is 9.18 Å². The molecule has 0 aliphatic carbocycles. The minimum Gasteiger partial charge on any atom is -0.356 e. The van der Waals surface area contributed by atoms with Crippen molar-refractivity contribution in [2.45, 2.75) is 19.4 Å². The van der Waals surface area contributed by atoms with Gasteiger partial charge in [0.25, 0.3) is 0 Å². The van der Waals surface area contributed by atoms with Gasteiger partial charge in [0.05, 0.1) is 6.04 Å². The fourth-order valence-electron chi connectivity index (χ4n) is 2.49. The molecule has 0 fully saturated rings. The zero-order valence-electron chi connectivity index (χ0n) is 16.1. The van der Waals surface area contributed by atoms with E-state index in [0.29, 0.717) is 24.5 Å². The van der Waals surface area contributed by atoms with Crippen LogP contribution in [-0.4, -0.2) is 44.0 Å². The molecule has 0 radical (unpaired) electrons. The zero-order chi connectivity index (χ0) is 19.6. The monoisotopic (exact) mass is 370 g/mol. The van der Waals surface area contributed by atoms with Gasteiger partial charge in [0, 0.05) is 20.6 Å². The molecular weight excluding hydrogens is 343 g/mol. The number of benzene rings is 2. The molecule has 5 nitrogen and oxygen atoms in total. The topological polar surface area (TPSA) is 56.7 Å². The van der Waals surface area contributed by atoms with Crippen molar-refractivity contribution >= 4 is 11.9 Å². The Morgan fingerprint density at radius 1 is 1.11 bits per heavy atom. The molecule has 2 aromatic carbocycles. The van der Waals surface area contributed by atoms with Gasteiger partial charge >= 0.3 is 0 Å². The first-order valence-electron chi connectivity index (χ1n) is 9.00. The maximum atomic E-state index is 13.8. The number of hydrogen-bond acceptors (Lipinski definition) is 2. The van der Waals surface area contributed by atoms with E-state index in [2.05, 4.69) is 15.6 Å². The van der Waals surface area contributed by atoms with Gasteiger partial charge in [0.1, 0.15) is 12.4 Å². The van der Waals surface area contributed by atoms with Crippen LogP contribution < -0.4 is 10.6 Å². The number of halogens is 1. The van der Waals surface area contributed by atoms with Crippen LogP contribution in [0.5, 0.6) is 0 Å². The van der Waals surface area contributed by atoms with Gasteiger partial charge in [-0.15, -0.1) is 0 Å². The van der Waals surface area contributed by atoms with Crippen LogP contribution in [0.15, 0.2) is 59.6 Å². The van der Waals surface area contributed by atoms with E-state index in [-0.39, 0.29) is 24.3 Å². The van der Waals surface area contributed by atoms with Crippen LogP contribution in [-0.2, 0) is 11.2 Å². The normalized spacial score (nSPS) is 12.4. The number of amides is 1. The summed E-state index contributed by atoms with van der Waals surface area (Å²) in [6, 6.07) is 16.7. The lowest BCUT2D eigenvalue weighted by atomic mass is 10.1. The molecule has 0 aliphatic heterocycles. The maximum Gasteiger partial charge on any atom is 0.243 e. The number of rotatable bonds is 7. The smallest absolute Gasteiger partial charge is 0.243 e. The molecule has 0 heterocycles. The third-order valence-corrected chi connectivity index (χ3v) is 4.17. The molecule has 2 aromatic rings. The molecule has 6 heteroatoms. The van der Waals surface area contributed by atoms with E-state index in [4.69, 9.17) is 0 Å². The Labute approximate surface area is 160 Å². The number of guanidine groups is 1. The Morgan fingerprint density at radius 3 is 2.44 bits per heavy atom. The molecule has 2 N–H and O–H groups in total. The van der Waals surface area contributed by atoms with E-state index >= 15 is 0 Å². The standard InChI is InChI=1S/C21H27FN4O/c1-16(17-9-5-4-6-10-17)25-21(24-15-20(27)26(2)3)23-14-13-18-11-7-8-12-19(18)22/h4-12,16H,13-15H2,1-3H3,(H2,23,24,25). The third-order valence-electron chi connectivity index (χ3n) is 4.17. The van der Waals surface area contributed by atoms with Crippen molar-refractivity contribution in [1.82, 2.24) is 15.5 Å². The molecule has 0 aliphatic rings. The number of hydrogen-bond donors (Lipinski definition) is 2. The Kier molecular flexibility index (Phi) is 7.79. The van der Waals surface area contributed by atoms with E-state index in [1.807, 2.05) is 43.3 Å². The molecule has 27 heavy (non-hydrogen) atoms. The molecule has 0 bridgehead atoms. The van der Waals surface area contributed by atoms with Gasteiger partial charge in [-0.2, -0.15) is 0 Å². The summed E-state index contributed by atoms with van der Waals surface area (Å²) >= 11 is 0. The van der Waals surface area contributed by atoms with Crippen molar-refractivity contribution in [1.29, 1.82) is 0 Å². The molecule has 0 spiro atoms. The highest BCUT2D eigenvalue weighted by Gasteiger charge is 2.10. The van der Waals surface area contributed by atoms with E-state index in [9.17, 15) is 9.18 Å². The summed E-state index contributed by atoms with van der Waals surface area (Å²) in [5.41, 5.74) is 1.75. The summed E-state index contributed by atoms with van der Waals surface area (Å²) in [7, 11) is 3.40. The summed E-state index contributed by atoms with van der Waals surface area (Å²) < 4.78 is 13.8. The molecule has 144 valence electrons. The lowest BCUT2D eigenvalue weighted by molar-refractivity contribution is -0.127. The fourth-order valence-corrected chi connectivity index (χ4v) is 2.49. The molecular formula is C21H27FN4O. The van der Waals surface area contributed by atoms with Crippen LogP contribution in [0, 0.1) is 5.82 Å². The zero-order valence-corrected chi connectivity index (χ0v) is 16.1. The van der Waals surface area contributed by atoms with Gasteiger partial charge in [-0.05, 0) is 30.5 Å². The van der Waals surface area contributed by atoms with E-state index in [1.165, 1.54) is 11.0 Å². The van der Waals surface area contributed by atoms with Crippen molar-refractivity contribution in [3.63, 3.8) is 0 Å². The van der Waals surface area contributed by atoms with Crippen LogP contribution in [0.3, 0.4) is 0 Å². The molecule has 0 saturated heterocycles. The van der Waals surface area contributed by atoms with Crippen LogP contribution in [0.2, 0.25) is 0 Å². The van der Waals surface area contributed by atoms with Gasteiger partial charge in [-0.3, -0.25) is 4.79 Å². The predicted octanol–water partition coefficient (Wildman–Crippen LogP) is 2.75. The number of aliphatic imine (C=N–C) groups is 1. The Morgan fingerprint density at radius 2 is 1.78 bits per heavy atom. The average Bonchev–Trinajstić information content (AvgIpc) is 2.67. The lowest BCUT2D eigenvalue weighted by Crippen LogP contribution is -2.40. The van der Waals surface area contributed by atoms with Crippen LogP contribution in [0.4, 0.5) is 4.39 Å². The van der Waals surface area contributed by atoms with Gasteiger partial charge in [0.2, 0.25) is 5.91 Å². The Hall–Kier alpha value is -2.89. The third kappa shape index (κ3) is 6.73. The van der Waals surface area contributed by atoms with Crippen molar-refractivity contribution in [2.75, 3.05) is 27.2 Å². The number of nitrogens with zero attached hydrogens (tertiary/aromatic N) is 2. The fraction of sp³-hybridized carbons (Fsp3) is 0.333. The first kappa shape index (κ1) is 20.4. The summed E-state index contributed by atoms with van der Waals surface area (Å²) in [4.78, 5) is 17.7. The first-order valence-corrected chi connectivity index (χ1v) is 9.00. The molecule has 1 atom stereocenters. The molecule has 1 unspecified atom stereocenters.